The maximum atomic E-state index is 13.1. The normalized spacial score (nSPS) is 11.0. The Morgan fingerprint density at radius 2 is 1.74 bits per heavy atom. The number of amides is 1. The van der Waals surface area contributed by atoms with E-state index in [2.05, 4.69) is 25.7 Å². The molecule has 0 aliphatic rings. The fourth-order valence-electron chi connectivity index (χ4n) is 1.61. The number of alkyl halides is 3. The average molecular weight is 457 g/mol. The minimum absolute atomic E-state index is 0.383. The zero-order chi connectivity index (χ0) is 21.6. The Hall–Kier alpha value is -2.17. The molecule has 0 aliphatic carbocycles. The summed E-state index contributed by atoms with van der Waals surface area (Å²) >= 11 is 2.68. The molecule has 0 radical (unpaired) electrons. The van der Waals surface area contributed by atoms with Crippen molar-refractivity contribution in [1.29, 1.82) is 0 Å². The van der Waals surface area contributed by atoms with Gasteiger partial charge in [-0.3, -0.25) is 4.90 Å². The number of pyridine rings is 1. The van der Waals surface area contributed by atoms with E-state index in [0.29, 0.717) is 6.07 Å². The lowest BCUT2D eigenvalue weighted by Gasteiger charge is -2.26. The average Bonchev–Trinajstić information content (AvgIpc) is 2.51. The first-order chi connectivity index (χ1) is 12.2. The predicted molar refractivity (Wildman–Crippen MR) is 94.7 cm³/mol. The standard InChI is InChI=1S/C14H16BrF3N2O4.C2H4O/c1-13(2,3)24-12(22)20(4)8-6-7(14(16,17)18)10(15)19-9(8)11(21)23-5;1-2-3/h6H,1-5H3;2H,1H3. The molecule has 0 saturated heterocycles. The molecule has 0 bridgehead atoms. The first-order valence-corrected chi connectivity index (χ1v) is 8.21. The number of methoxy groups -OCH3 is 1. The minimum atomic E-state index is -4.73. The number of carbonyl (C=O) groups excluding carboxylic acids is 3. The highest BCUT2D eigenvalue weighted by molar-refractivity contribution is 9.10. The molecule has 1 amide bonds. The van der Waals surface area contributed by atoms with Crippen molar-refractivity contribution in [2.24, 2.45) is 0 Å². The van der Waals surface area contributed by atoms with Gasteiger partial charge < -0.3 is 14.3 Å². The molecule has 0 unspecified atom stereocenters. The molecule has 1 rings (SSSR count). The highest BCUT2D eigenvalue weighted by Crippen LogP contribution is 2.37. The van der Waals surface area contributed by atoms with Crippen molar-refractivity contribution in [1.82, 2.24) is 4.98 Å². The highest BCUT2D eigenvalue weighted by atomic mass is 79.9. The Morgan fingerprint density at radius 3 is 2.11 bits per heavy atom. The first kappa shape index (κ1) is 24.8. The van der Waals surface area contributed by atoms with Gasteiger partial charge in [-0.05, 0) is 49.7 Å². The van der Waals surface area contributed by atoms with Crippen LogP contribution in [0.25, 0.3) is 0 Å². The number of hydrogen-bond donors (Lipinski definition) is 0. The SMILES string of the molecule is CC=O.COC(=O)c1nc(Br)c(C(F)(F)F)cc1N(C)C(=O)OC(C)(C)C. The van der Waals surface area contributed by atoms with Crippen LogP contribution in [0.4, 0.5) is 23.7 Å². The molecule has 1 heterocycles. The van der Waals surface area contributed by atoms with Crippen LogP contribution in [-0.2, 0) is 20.4 Å². The Bertz CT molecular complexity index is 703. The fraction of sp³-hybridized carbons (Fsp3) is 0.500. The van der Waals surface area contributed by atoms with Gasteiger partial charge >= 0.3 is 18.2 Å². The number of esters is 1. The Labute approximate surface area is 163 Å². The van der Waals surface area contributed by atoms with Crippen LogP contribution in [0.3, 0.4) is 0 Å². The zero-order valence-corrected chi connectivity index (χ0v) is 17.2. The summed E-state index contributed by atoms with van der Waals surface area (Å²) in [7, 11) is 2.22. The van der Waals surface area contributed by atoms with Crippen molar-refractivity contribution in [3.8, 4) is 0 Å². The summed E-state index contributed by atoms with van der Waals surface area (Å²) in [4.78, 5) is 37.1. The molecule has 1 aromatic rings. The molecule has 152 valence electrons. The number of ether oxygens (including phenoxy) is 2. The second-order valence-electron chi connectivity index (χ2n) is 5.96. The summed E-state index contributed by atoms with van der Waals surface area (Å²) in [5.41, 5.74) is -2.84. The topological polar surface area (TPSA) is 85.8 Å². The lowest BCUT2D eigenvalue weighted by Crippen LogP contribution is -2.35. The minimum Gasteiger partial charge on any atom is -0.464 e. The molecule has 7 nitrogen and oxygen atoms in total. The lowest BCUT2D eigenvalue weighted by atomic mass is 10.2. The predicted octanol–water partition coefficient (Wildman–Crippen LogP) is 4.23. The Morgan fingerprint density at radius 1 is 1.26 bits per heavy atom. The molecule has 27 heavy (non-hydrogen) atoms. The number of halogens is 4. The van der Waals surface area contributed by atoms with E-state index in [-0.39, 0.29) is 5.69 Å². The quantitative estimate of drug-likeness (QED) is 0.376. The van der Waals surface area contributed by atoms with Gasteiger partial charge in [0.25, 0.3) is 0 Å². The van der Waals surface area contributed by atoms with Crippen LogP contribution >= 0.6 is 15.9 Å². The van der Waals surface area contributed by atoms with E-state index in [1.807, 2.05) is 0 Å². The number of carbonyl (C=O) groups is 3. The summed E-state index contributed by atoms with van der Waals surface area (Å²) in [5, 5.41) is 0. The Balaban J connectivity index is 0.00000210. The van der Waals surface area contributed by atoms with E-state index < -0.39 is 39.7 Å². The van der Waals surface area contributed by atoms with Gasteiger partial charge in [0, 0.05) is 7.05 Å². The lowest BCUT2D eigenvalue weighted by molar-refractivity contribution is -0.138. The van der Waals surface area contributed by atoms with Gasteiger partial charge in [-0.2, -0.15) is 13.2 Å². The number of aromatic nitrogens is 1. The third kappa shape index (κ3) is 7.53. The van der Waals surface area contributed by atoms with E-state index in [9.17, 15) is 22.8 Å². The molecular weight excluding hydrogens is 437 g/mol. The zero-order valence-electron chi connectivity index (χ0n) is 15.6. The van der Waals surface area contributed by atoms with Gasteiger partial charge in [0.05, 0.1) is 18.4 Å². The van der Waals surface area contributed by atoms with Crippen molar-refractivity contribution >= 4 is 40.0 Å². The third-order valence-electron chi connectivity index (χ3n) is 2.67. The molecule has 0 spiro atoms. The van der Waals surface area contributed by atoms with Crippen molar-refractivity contribution in [2.45, 2.75) is 39.5 Å². The maximum Gasteiger partial charge on any atom is 0.419 e. The molecule has 1 aromatic heterocycles. The van der Waals surface area contributed by atoms with E-state index in [4.69, 9.17) is 9.53 Å². The van der Waals surface area contributed by atoms with E-state index >= 15 is 0 Å². The summed E-state index contributed by atoms with van der Waals surface area (Å²) in [6.07, 6.45) is -4.92. The van der Waals surface area contributed by atoms with Gasteiger partial charge in [-0.15, -0.1) is 0 Å². The smallest absolute Gasteiger partial charge is 0.419 e. The highest BCUT2D eigenvalue weighted by Gasteiger charge is 2.37. The number of rotatable bonds is 2. The van der Waals surface area contributed by atoms with Gasteiger partial charge in [-0.1, -0.05) is 0 Å². The van der Waals surface area contributed by atoms with Crippen molar-refractivity contribution in [3.05, 3.63) is 21.9 Å². The largest absolute Gasteiger partial charge is 0.464 e. The van der Waals surface area contributed by atoms with Crippen LogP contribution in [0.1, 0.15) is 43.7 Å². The van der Waals surface area contributed by atoms with Crippen LogP contribution in [0.2, 0.25) is 0 Å². The molecule has 0 aliphatic heterocycles. The molecule has 0 N–H and O–H groups in total. The van der Waals surface area contributed by atoms with E-state index in [0.717, 1.165) is 18.3 Å². The van der Waals surface area contributed by atoms with E-state index in [1.165, 1.54) is 14.0 Å². The molecule has 0 fully saturated rings. The molecule has 0 atom stereocenters. The maximum absolute atomic E-state index is 13.1. The second kappa shape index (κ2) is 9.67. The monoisotopic (exact) mass is 456 g/mol. The Kier molecular flexibility index (Phi) is 8.90. The molecule has 0 saturated carbocycles. The molecule has 11 heteroatoms. The van der Waals surface area contributed by atoms with Crippen LogP contribution in [0.5, 0.6) is 0 Å². The fourth-order valence-corrected chi connectivity index (χ4v) is 2.13. The summed E-state index contributed by atoms with van der Waals surface area (Å²) in [6, 6.07) is 0.632. The van der Waals surface area contributed by atoms with Crippen molar-refractivity contribution < 1.29 is 37.0 Å². The van der Waals surface area contributed by atoms with Crippen LogP contribution in [0, 0.1) is 0 Å². The van der Waals surface area contributed by atoms with Crippen LogP contribution in [-0.4, -0.2) is 43.1 Å². The summed E-state index contributed by atoms with van der Waals surface area (Å²) in [5.74, 6) is -0.991. The first-order valence-electron chi connectivity index (χ1n) is 7.42. The summed E-state index contributed by atoms with van der Waals surface area (Å²) in [6.45, 7) is 6.24. The van der Waals surface area contributed by atoms with Crippen molar-refractivity contribution in [2.75, 3.05) is 19.1 Å². The van der Waals surface area contributed by atoms with Gasteiger partial charge in [0.15, 0.2) is 5.69 Å². The molecular formula is C16H20BrF3N2O5. The second-order valence-corrected chi connectivity index (χ2v) is 6.71. The number of anilines is 1. The molecule has 0 aromatic carbocycles. The summed E-state index contributed by atoms with van der Waals surface area (Å²) < 4.78 is 48.2. The third-order valence-corrected chi connectivity index (χ3v) is 3.27. The van der Waals surface area contributed by atoms with Gasteiger partial charge in [-0.25, -0.2) is 14.6 Å². The number of aldehydes is 1. The van der Waals surface area contributed by atoms with Crippen LogP contribution in [0.15, 0.2) is 10.7 Å². The van der Waals surface area contributed by atoms with E-state index in [1.54, 1.807) is 20.8 Å². The van der Waals surface area contributed by atoms with Crippen molar-refractivity contribution in [3.63, 3.8) is 0 Å². The van der Waals surface area contributed by atoms with Gasteiger partial charge in [0.1, 0.15) is 16.5 Å². The van der Waals surface area contributed by atoms with Crippen LogP contribution < -0.4 is 4.90 Å². The van der Waals surface area contributed by atoms with Gasteiger partial charge in [0.2, 0.25) is 0 Å². The number of nitrogens with zero attached hydrogens (tertiary/aromatic N) is 2. The number of hydrogen-bond acceptors (Lipinski definition) is 6.